The number of carbonyl (C=O) groups excluding carboxylic acids is 2. The third-order valence-electron chi connectivity index (χ3n) is 3.51. The maximum absolute atomic E-state index is 11.8. The molecule has 0 unspecified atom stereocenters. The number of hydrogen-bond donors (Lipinski definition) is 2. The highest BCUT2D eigenvalue weighted by Crippen LogP contribution is 2.16. The Kier molecular flexibility index (Phi) is 5.78. The zero-order chi connectivity index (χ0) is 17.5. The lowest BCUT2D eigenvalue weighted by molar-refractivity contribution is 0.0600. The van der Waals surface area contributed by atoms with E-state index in [2.05, 4.69) is 15.4 Å². The van der Waals surface area contributed by atoms with E-state index in [-0.39, 0.29) is 6.73 Å². The lowest BCUT2D eigenvalue weighted by atomic mass is 10.1. The molecule has 0 saturated heterocycles. The molecule has 2 aromatic carbocycles. The molecule has 0 aliphatic rings. The first-order chi connectivity index (χ1) is 11.5. The molecule has 0 radical (unpaired) electrons. The van der Waals surface area contributed by atoms with Gasteiger partial charge in [-0.15, -0.1) is 0 Å². The average Bonchev–Trinajstić information content (AvgIpc) is 2.58. The van der Waals surface area contributed by atoms with Crippen molar-refractivity contribution in [2.75, 3.05) is 19.2 Å². The smallest absolute Gasteiger partial charge is 0.337 e. The Morgan fingerprint density at radius 2 is 1.71 bits per heavy atom. The van der Waals surface area contributed by atoms with Gasteiger partial charge in [0.1, 0.15) is 5.75 Å². The molecule has 126 valence electrons. The Bertz CT molecular complexity index is 726. The van der Waals surface area contributed by atoms with Crippen LogP contribution in [0.3, 0.4) is 0 Å². The van der Waals surface area contributed by atoms with Crippen LogP contribution in [0.25, 0.3) is 0 Å². The fourth-order valence-corrected chi connectivity index (χ4v) is 1.97. The van der Waals surface area contributed by atoms with Gasteiger partial charge in [-0.2, -0.15) is 0 Å². The van der Waals surface area contributed by atoms with E-state index in [0.717, 1.165) is 5.56 Å². The van der Waals surface area contributed by atoms with Crippen LogP contribution in [-0.4, -0.2) is 25.8 Å². The van der Waals surface area contributed by atoms with E-state index in [4.69, 9.17) is 4.74 Å². The van der Waals surface area contributed by atoms with Crippen molar-refractivity contribution in [2.24, 2.45) is 0 Å². The van der Waals surface area contributed by atoms with Crippen LogP contribution in [0.4, 0.5) is 10.5 Å². The van der Waals surface area contributed by atoms with E-state index in [9.17, 15) is 9.59 Å². The minimum absolute atomic E-state index is 0.0502. The summed E-state index contributed by atoms with van der Waals surface area (Å²) in [6.45, 7) is 4.07. The normalized spacial score (nSPS) is 9.96. The number of benzene rings is 2. The summed E-state index contributed by atoms with van der Waals surface area (Å²) < 4.78 is 10.1. The van der Waals surface area contributed by atoms with Gasteiger partial charge in [0.2, 0.25) is 0 Å². The molecule has 0 saturated carbocycles. The third kappa shape index (κ3) is 4.74. The molecule has 6 nitrogen and oxygen atoms in total. The molecule has 2 N–H and O–H groups in total. The number of nitrogens with one attached hydrogen (secondary N) is 2. The summed E-state index contributed by atoms with van der Waals surface area (Å²) >= 11 is 0. The summed E-state index contributed by atoms with van der Waals surface area (Å²) in [6.07, 6.45) is 0. The van der Waals surface area contributed by atoms with Gasteiger partial charge in [0.25, 0.3) is 0 Å². The van der Waals surface area contributed by atoms with Gasteiger partial charge in [-0.3, -0.25) is 0 Å². The van der Waals surface area contributed by atoms with Crippen LogP contribution in [-0.2, 0) is 4.74 Å². The number of carbonyl (C=O) groups is 2. The van der Waals surface area contributed by atoms with Crippen LogP contribution in [0.5, 0.6) is 5.75 Å². The predicted octanol–water partition coefficient (Wildman–Crippen LogP) is 3.25. The number of urea groups is 1. The molecule has 0 aliphatic carbocycles. The first-order valence-electron chi connectivity index (χ1n) is 7.43. The van der Waals surface area contributed by atoms with Gasteiger partial charge in [-0.05, 0) is 61.4 Å². The van der Waals surface area contributed by atoms with Crippen molar-refractivity contribution in [3.8, 4) is 5.75 Å². The van der Waals surface area contributed by atoms with Gasteiger partial charge in [0.15, 0.2) is 6.73 Å². The van der Waals surface area contributed by atoms with Gasteiger partial charge in [-0.25, -0.2) is 9.59 Å². The summed E-state index contributed by atoms with van der Waals surface area (Å²) in [7, 11) is 1.32. The van der Waals surface area contributed by atoms with Crippen LogP contribution in [0.1, 0.15) is 21.5 Å². The van der Waals surface area contributed by atoms with Crippen LogP contribution in [0.15, 0.2) is 42.5 Å². The first kappa shape index (κ1) is 17.3. The van der Waals surface area contributed by atoms with Gasteiger partial charge >= 0.3 is 12.0 Å². The Hall–Kier alpha value is -3.02. The maximum atomic E-state index is 11.8. The molecule has 2 amide bonds. The SMILES string of the molecule is COC(=O)c1ccc(NC(=O)NCOc2ccc(C)c(C)c2)cc1. The van der Waals surface area contributed by atoms with Crippen molar-refractivity contribution >= 4 is 17.7 Å². The van der Waals surface area contributed by atoms with E-state index in [1.165, 1.54) is 12.7 Å². The number of rotatable bonds is 5. The zero-order valence-corrected chi connectivity index (χ0v) is 13.9. The molecular weight excluding hydrogens is 308 g/mol. The topological polar surface area (TPSA) is 76.7 Å². The largest absolute Gasteiger partial charge is 0.473 e. The molecule has 6 heteroatoms. The van der Waals surface area contributed by atoms with Crippen molar-refractivity contribution in [2.45, 2.75) is 13.8 Å². The molecule has 0 fully saturated rings. The molecule has 0 aliphatic heterocycles. The number of hydrogen-bond acceptors (Lipinski definition) is 4. The summed E-state index contributed by atoms with van der Waals surface area (Å²) in [5, 5.41) is 5.25. The minimum atomic E-state index is -0.423. The summed E-state index contributed by atoms with van der Waals surface area (Å²) in [5.74, 6) is 0.272. The number of aryl methyl sites for hydroxylation is 2. The highest BCUT2D eigenvalue weighted by molar-refractivity contribution is 5.92. The second-order valence-electron chi connectivity index (χ2n) is 5.23. The number of esters is 1. The highest BCUT2D eigenvalue weighted by atomic mass is 16.5. The lowest BCUT2D eigenvalue weighted by Crippen LogP contribution is -2.32. The predicted molar refractivity (Wildman–Crippen MR) is 91.3 cm³/mol. The molecule has 2 aromatic rings. The Labute approximate surface area is 140 Å². The Morgan fingerprint density at radius 1 is 1.00 bits per heavy atom. The average molecular weight is 328 g/mol. The summed E-state index contributed by atoms with van der Waals surface area (Å²) in [5.41, 5.74) is 3.29. The molecule has 0 aromatic heterocycles. The second-order valence-corrected chi connectivity index (χ2v) is 5.23. The number of anilines is 1. The van der Waals surface area contributed by atoms with Crippen molar-refractivity contribution < 1.29 is 19.1 Å². The van der Waals surface area contributed by atoms with Gasteiger partial charge in [0, 0.05) is 5.69 Å². The molecule has 0 atom stereocenters. The van der Waals surface area contributed by atoms with Crippen molar-refractivity contribution in [3.05, 3.63) is 59.2 Å². The molecule has 0 spiro atoms. The molecule has 0 bridgehead atoms. The minimum Gasteiger partial charge on any atom is -0.473 e. The standard InChI is InChI=1S/C18H20N2O4/c1-12-4-9-16(10-13(12)2)24-11-19-18(22)20-15-7-5-14(6-8-15)17(21)23-3/h4-10H,11H2,1-3H3,(H2,19,20,22). The zero-order valence-electron chi connectivity index (χ0n) is 13.9. The molecular formula is C18H20N2O4. The third-order valence-corrected chi connectivity index (χ3v) is 3.51. The Balaban J connectivity index is 1.80. The van der Waals surface area contributed by atoms with E-state index in [1.807, 2.05) is 32.0 Å². The van der Waals surface area contributed by atoms with Gasteiger partial charge < -0.3 is 20.1 Å². The van der Waals surface area contributed by atoms with Crippen molar-refractivity contribution in [1.82, 2.24) is 5.32 Å². The second kappa shape index (κ2) is 8.01. The van der Waals surface area contributed by atoms with Crippen LogP contribution in [0.2, 0.25) is 0 Å². The fourth-order valence-electron chi connectivity index (χ4n) is 1.97. The van der Waals surface area contributed by atoms with Crippen molar-refractivity contribution in [1.29, 1.82) is 0 Å². The van der Waals surface area contributed by atoms with E-state index < -0.39 is 12.0 Å². The monoisotopic (exact) mass is 328 g/mol. The van der Waals surface area contributed by atoms with Gasteiger partial charge in [-0.1, -0.05) is 6.07 Å². The van der Waals surface area contributed by atoms with E-state index >= 15 is 0 Å². The maximum Gasteiger partial charge on any atom is 0.337 e. The Morgan fingerprint density at radius 3 is 2.33 bits per heavy atom. The number of methoxy groups -OCH3 is 1. The quantitative estimate of drug-likeness (QED) is 0.652. The first-order valence-corrected chi connectivity index (χ1v) is 7.43. The highest BCUT2D eigenvalue weighted by Gasteiger charge is 2.06. The molecule has 2 rings (SSSR count). The van der Waals surface area contributed by atoms with Gasteiger partial charge in [0.05, 0.1) is 12.7 Å². The molecule has 0 heterocycles. The fraction of sp³-hybridized carbons (Fsp3) is 0.222. The van der Waals surface area contributed by atoms with Crippen LogP contribution >= 0.6 is 0 Å². The van der Waals surface area contributed by atoms with E-state index in [0.29, 0.717) is 17.0 Å². The number of ether oxygens (including phenoxy) is 2. The van der Waals surface area contributed by atoms with Crippen LogP contribution < -0.4 is 15.4 Å². The van der Waals surface area contributed by atoms with E-state index in [1.54, 1.807) is 24.3 Å². The van der Waals surface area contributed by atoms with Crippen molar-refractivity contribution in [3.63, 3.8) is 0 Å². The lowest BCUT2D eigenvalue weighted by Gasteiger charge is -2.10. The summed E-state index contributed by atoms with van der Waals surface area (Å²) in [4.78, 5) is 23.1. The number of amides is 2. The molecule has 24 heavy (non-hydrogen) atoms. The summed E-state index contributed by atoms with van der Waals surface area (Å²) in [6, 6.07) is 11.7. The van der Waals surface area contributed by atoms with Crippen LogP contribution in [0, 0.1) is 13.8 Å².